The molecule has 116 valence electrons. The fraction of sp³-hybridized carbons (Fsp3) is 0.368. The maximum absolute atomic E-state index is 5.51. The Morgan fingerprint density at radius 1 is 1.09 bits per heavy atom. The summed E-state index contributed by atoms with van der Waals surface area (Å²) in [5.41, 5.74) is 4.98. The van der Waals surface area contributed by atoms with E-state index in [1.54, 1.807) is 0 Å². The number of rotatable bonds is 5. The van der Waals surface area contributed by atoms with Crippen LogP contribution in [0.1, 0.15) is 41.5 Å². The number of ether oxygens (including phenoxy) is 2. The third-order valence-electron chi connectivity index (χ3n) is 4.03. The van der Waals surface area contributed by atoms with Crippen molar-refractivity contribution in [3.05, 3.63) is 70.8 Å². The second-order valence-electron chi connectivity index (χ2n) is 5.83. The van der Waals surface area contributed by atoms with Crippen LogP contribution in [0.5, 0.6) is 0 Å². The summed E-state index contributed by atoms with van der Waals surface area (Å²) in [5.74, 6) is 0. The van der Waals surface area contributed by atoms with Crippen LogP contribution >= 0.6 is 0 Å². The van der Waals surface area contributed by atoms with Gasteiger partial charge in [0.15, 0.2) is 6.29 Å². The minimum Gasteiger partial charge on any atom is -0.346 e. The first-order valence-electron chi connectivity index (χ1n) is 7.84. The van der Waals surface area contributed by atoms with Crippen LogP contribution in [0.25, 0.3) is 0 Å². The SMILES string of the molecule is Cc1cccc([C@H](C)NCc2ccc(C3OCCO3)cc2)c1. The molecule has 1 heterocycles. The fourth-order valence-corrected chi connectivity index (χ4v) is 2.67. The van der Waals surface area contributed by atoms with Crippen LogP contribution in [0.4, 0.5) is 0 Å². The van der Waals surface area contributed by atoms with Gasteiger partial charge >= 0.3 is 0 Å². The summed E-state index contributed by atoms with van der Waals surface area (Å²) in [6, 6.07) is 17.4. The highest BCUT2D eigenvalue weighted by Crippen LogP contribution is 2.23. The van der Waals surface area contributed by atoms with E-state index in [-0.39, 0.29) is 6.29 Å². The summed E-state index contributed by atoms with van der Waals surface area (Å²) in [5, 5.41) is 3.57. The van der Waals surface area contributed by atoms with Gasteiger partial charge in [-0.2, -0.15) is 0 Å². The van der Waals surface area contributed by atoms with Gasteiger partial charge in [-0.05, 0) is 25.0 Å². The van der Waals surface area contributed by atoms with Crippen LogP contribution in [-0.2, 0) is 16.0 Å². The van der Waals surface area contributed by atoms with Gasteiger partial charge in [-0.1, -0.05) is 54.1 Å². The average molecular weight is 297 g/mol. The molecule has 2 aromatic rings. The van der Waals surface area contributed by atoms with Gasteiger partial charge in [-0.3, -0.25) is 0 Å². The number of benzene rings is 2. The molecule has 22 heavy (non-hydrogen) atoms. The second-order valence-corrected chi connectivity index (χ2v) is 5.83. The topological polar surface area (TPSA) is 30.5 Å². The molecule has 0 saturated carbocycles. The molecule has 3 nitrogen and oxygen atoms in total. The van der Waals surface area contributed by atoms with Crippen LogP contribution in [0, 0.1) is 6.92 Å². The summed E-state index contributed by atoms with van der Waals surface area (Å²) in [6.07, 6.45) is -0.187. The van der Waals surface area contributed by atoms with Crippen molar-refractivity contribution in [1.82, 2.24) is 5.32 Å². The van der Waals surface area contributed by atoms with Gasteiger partial charge in [0.05, 0.1) is 13.2 Å². The lowest BCUT2D eigenvalue weighted by Crippen LogP contribution is -2.18. The first-order chi connectivity index (χ1) is 10.7. The normalized spacial score (nSPS) is 16.8. The van der Waals surface area contributed by atoms with Gasteiger partial charge in [0.2, 0.25) is 0 Å². The van der Waals surface area contributed by atoms with Crippen molar-refractivity contribution in [2.45, 2.75) is 32.7 Å². The summed E-state index contributed by atoms with van der Waals surface area (Å²) in [6.45, 7) is 6.54. The Labute approximate surface area is 132 Å². The van der Waals surface area contributed by atoms with Crippen molar-refractivity contribution >= 4 is 0 Å². The highest BCUT2D eigenvalue weighted by atomic mass is 16.7. The van der Waals surface area contributed by atoms with Gasteiger partial charge < -0.3 is 14.8 Å². The van der Waals surface area contributed by atoms with E-state index in [1.807, 2.05) is 0 Å². The van der Waals surface area contributed by atoms with Crippen molar-refractivity contribution in [3.8, 4) is 0 Å². The first kappa shape index (κ1) is 15.2. The molecular formula is C19H23NO2. The van der Waals surface area contributed by atoms with Crippen molar-refractivity contribution < 1.29 is 9.47 Å². The number of aryl methyl sites for hydroxylation is 1. The third kappa shape index (κ3) is 3.74. The molecule has 1 aliphatic heterocycles. The van der Waals surface area contributed by atoms with E-state index in [4.69, 9.17) is 9.47 Å². The van der Waals surface area contributed by atoms with Gasteiger partial charge in [-0.25, -0.2) is 0 Å². The fourth-order valence-electron chi connectivity index (χ4n) is 2.67. The van der Waals surface area contributed by atoms with Crippen LogP contribution in [0.15, 0.2) is 48.5 Å². The molecule has 3 heteroatoms. The van der Waals surface area contributed by atoms with E-state index in [0.29, 0.717) is 19.3 Å². The molecule has 1 saturated heterocycles. The van der Waals surface area contributed by atoms with Gasteiger partial charge in [-0.15, -0.1) is 0 Å². The highest BCUT2D eigenvalue weighted by Gasteiger charge is 2.17. The number of nitrogens with one attached hydrogen (secondary N) is 1. The van der Waals surface area contributed by atoms with Gasteiger partial charge in [0.25, 0.3) is 0 Å². The van der Waals surface area contributed by atoms with Gasteiger partial charge in [0.1, 0.15) is 0 Å². The standard InChI is InChI=1S/C19H23NO2/c1-14-4-3-5-18(12-14)15(2)20-13-16-6-8-17(9-7-16)19-21-10-11-22-19/h3-9,12,15,19-20H,10-11,13H2,1-2H3/t15-/m0/s1. The molecule has 0 bridgehead atoms. The lowest BCUT2D eigenvalue weighted by molar-refractivity contribution is -0.0441. The Bertz CT molecular complexity index is 603. The molecule has 0 amide bonds. The minimum atomic E-state index is -0.187. The number of hydrogen-bond acceptors (Lipinski definition) is 3. The zero-order valence-corrected chi connectivity index (χ0v) is 13.2. The molecular weight excluding hydrogens is 274 g/mol. The van der Waals surface area contributed by atoms with Crippen molar-refractivity contribution in [2.24, 2.45) is 0 Å². The van der Waals surface area contributed by atoms with Crippen LogP contribution < -0.4 is 5.32 Å². The second kappa shape index (κ2) is 7.05. The average Bonchev–Trinajstić information content (AvgIpc) is 3.07. The van der Waals surface area contributed by atoms with E-state index >= 15 is 0 Å². The van der Waals surface area contributed by atoms with Crippen LogP contribution in [0.2, 0.25) is 0 Å². The van der Waals surface area contributed by atoms with Crippen molar-refractivity contribution in [2.75, 3.05) is 13.2 Å². The Morgan fingerprint density at radius 2 is 1.82 bits per heavy atom. The molecule has 0 radical (unpaired) electrons. The predicted molar refractivity (Wildman–Crippen MR) is 87.5 cm³/mol. The van der Waals surface area contributed by atoms with E-state index in [2.05, 4.69) is 67.7 Å². The molecule has 1 atom stereocenters. The molecule has 1 aliphatic rings. The third-order valence-corrected chi connectivity index (χ3v) is 4.03. The van der Waals surface area contributed by atoms with Crippen LogP contribution in [0.3, 0.4) is 0 Å². The first-order valence-corrected chi connectivity index (χ1v) is 7.84. The zero-order chi connectivity index (χ0) is 15.4. The molecule has 1 fully saturated rings. The number of hydrogen-bond donors (Lipinski definition) is 1. The lowest BCUT2D eigenvalue weighted by Gasteiger charge is -2.15. The highest BCUT2D eigenvalue weighted by molar-refractivity contribution is 5.26. The maximum atomic E-state index is 5.51. The molecule has 2 aromatic carbocycles. The summed E-state index contributed by atoms with van der Waals surface area (Å²) in [4.78, 5) is 0. The lowest BCUT2D eigenvalue weighted by atomic mass is 10.1. The maximum Gasteiger partial charge on any atom is 0.184 e. The summed E-state index contributed by atoms with van der Waals surface area (Å²) < 4.78 is 11.0. The Hall–Kier alpha value is -1.68. The molecule has 3 rings (SSSR count). The Kier molecular flexibility index (Phi) is 4.88. The minimum absolute atomic E-state index is 0.187. The van der Waals surface area contributed by atoms with E-state index < -0.39 is 0 Å². The quantitative estimate of drug-likeness (QED) is 0.908. The van der Waals surface area contributed by atoms with Gasteiger partial charge in [0, 0.05) is 18.2 Å². The largest absolute Gasteiger partial charge is 0.346 e. The predicted octanol–water partition coefficient (Wildman–Crippen LogP) is 3.89. The molecule has 1 N–H and O–H groups in total. The molecule has 0 unspecified atom stereocenters. The van der Waals surface area contributed by atoms with E-state index in [0.717, 1.165) is 12.1 Å². The Morgan fingerprint density at radius 3 is 2.50 bits per heavy atom. The van der Waals surface area contributed by atoms with Crippen molar-refractivity contribution in [1.29, 1.82) is 0 Å². The molecule has 0 aliphatic carbocycles. The monoisotopic (exact) mass is 297 g/mol. The molecule has 0 spiro atoms. The zero-order valence-electron chi connectivity index (χ0n) is 13.2. The van der Waals surface area contributed by atoms with Crippen LogP contribution in [-0.4, -0.2) is 13.2 Å². The molecule has 0 aromatic heterocycles. The van der Waals surface area contributed by atoms with E-state index in [1.165, 1.54) is 16.7 Å². The summed E-state index contributed by atoms with van der Waals surface area (Å²) >= 11 is 0. The van der Waals surface area contributed by atoms with E-state index in [9.17, 15) is 0 Å². The van der Waals surface area contributed by atoms with Crippen molar-refractivity contribution in [3.63, 3.8) is 0 Å². The summed E-state index contributed by atoms with van der Waals surface area (Å²) in [7, 11) is 0. The smallest absolute Gasteiger partial charge is 0.184 e. The Balaban J connectivity index is 1.57.